The van der Waals surface area contributed by atoms with Gasteiger partial charge < -0.3 is 19.5 Å². The van der Waals surface area contributed by atoms with E-state index in [4.69, 9.17) is 9.47 Å². The summed E-state index contributed by atoms with van der Waals surface area (Å²) in [5.41, 5.74) is 0.606. The summed E-state index contributed by atoms with van der Waals surface area (Å²) < 4.78 is 11.0. The summed E-state index contributed by atoms with van der Waals surface area (Å²) in [4.78, 5) is 14.4. The molecule has 1 fully saturated rings. The van der Waals surface area contributed by atoms with Gasteiger partial charge in [-0.2, -0.15) is 0 Å². The molecule has 1 aliphatic rings. The molecule has 1 heterocycles. The molecule has 2 rings (SSSR count). The number of nitrogens with zero attached hydrogens (tertiary/aromatic N) is 1. The third kappa shape index (κ3) is 3.95. The Morgan fingerprint density at radius 2 is 2.33 bits per heavy atom. The van der Waals surface area contributed by atoms with Crippen molar-refractivity contribution in [3.05, 3.63) is 29.8 Å². The van der Waals surface area contributed by atoms with Crippen LogP contribution in [-0.2, 0) is 4.74 Å². The van der Waals surface area contributed by atoms with Crippen LogP contribution in [0.15, 0.2) is 24.3 Å². The maximum Gasteiger partial charge on any atom is 0.254 e. The average Bonchev–Trinajstić information content (AvgIpc) is 2.53. The molecule has 5 heteroatoms. The Morgan fingerprint density at radius 3 is 3.05 bits per heavy atom. The third-order valence-electron chi connectivity index (χ3n) is 3.52. The fraction of sp³-hybridized carbons (Fsp3) is 0.562. The van der Waals surface area contributed by atoms with Crippen molar-refractivity contribution < 1.29 is 19.4 Å². The van der Waals surface area contributed by atoms with E-state index in [0.29, 0.717) is 31.1 Å². The zero-order chi connectivity index (χ0) is 15.2. The number of morpholine rings is 1. The van der Waals surface area contributed by atoms with E-state index in [9.17, 15) is 9.90 Å². The highest BCUT2D eigenvalue weighted by molar-refractivity contribution is 5.94. The van der Waals surface area contributed by atoms with Crippen LogP contribution in [0.25, 0.3) is 0 Å². The summed E-state index contributed by atoms with van der Waals surface area (Å²) in [6, 6.07) is 7.24. The van der Waals surface area contributed by atoms with Crippen LogP contribution >= 0.6 is 0 Å². The minimum atomic E-state index is -0.301. The average molecular weight is 293 g/mol. The maximum absolute atomic E-state index is 12.6. The van der Waals surface area contributed by atoms with E-state index >= 15 is 0 Å². The first-order valence-electron chi connectivity index (χ1n) is 7.42. The Bertz CT molecular complexity index is 477. The van der Waals surface area contributed by atoms with Gasteiger partial charge in [0, 0.05) is 12.1 Å². The molecule has 1 aromatic carbocycles. The van der Waals surface area contributed by atoms with E-state index in [1.165, 1.54) is 0 Å². The van der Waals surface area contributed by atoms with Gasteiger partial charge in [-0.15, -0.1) is 0 Å². The smallest absolute Gasteiger partial charge is 0.254 e. The second-order valence-corrected chi connectivity index (χ2v) is 5.32. The minimum Gasteiger partial charge on any atom is -0.494 e. The van der Waals surface area contributed by atoms with Crippen LogP contribution < -0.4 is 4.74 Å². The predicted molar refractivity (Wildman–Crippen MR) is 79.6 cm³/mol. The minimum absolute atomic E-state index is 0.000478. The highest BCUT2D eigenvalue weighted by Gasteiger charge is 2.29. The van der Waals surface area contributed by atoms with Gasteiger partial charge in [0.25, 0.3) is 5.91 Å². The molecule has 0 bridgehead atoms. The second-order valence-electron chi connectivity index (χ2n) is 5.32. The fourth-order valence-electron chi connectivity index (χ4n) is 2.32. The van der Waals surface area contributed by atoms with Crippen molar-refractivity contribution in [1.82, 2.24) is 4.90 Å². The Labute approximate surface area is 125 Å². The molecule has 2 atom stereocenters. The van der Waals surface area contributed by atoms with Crippen molar-refractivity contribution in [3.63, 3.8) is 0 Å². The van der Waals surface area contributed by atoms with Crippen LogP contribution in [0.2, 0.25) is 0 Å². The molecule has 0 saturated carbocycles. The molecule has 5 nitrogen and oxygen atoms in total. The van der Waals surface area contributed by atoms with Crippen LogP contribution in [0.5, 0.6) is 5.75 Å². The molecule has 116 valence electrons. The van der Waals surface area contributed by atoms with Gasteiger partial charge in [-0.1, -0.05) is 13.0 Å². The Balaban J connectivity index is 2.11. The number of benzene rings is 1. The fourth-order valence-corrected chi connectivity index (χ4v) is 2.32. The Hall–Kier alpha value is -1.59. The van der Waals surface area contributed by atoms with Gasteiger partial charge in [0.05, 0.1) is 32.0 Å². The molecule has 0 aromatic heterocycles. The lowest BCUT2D eigenvalue weighted by molar-refractivity contribution is -0.0667. The first kappa shape index (κ1) is 15.8. The van der Waals surface area contributed by atoms with E-state index in [0.717, 1.165) is 6.42 Å². The molecule has 1 amide bonds. The SMILES string of the molecule is CCCOc1cccc(C(=O)N2CC(CO)OCC2C)c1. The summed E-state index contributed by atoms with van der Waals surface area (Å²) in [5.74, 6) is 0.661. The van der Waals surface area contributed by atoms with Crippen molar-refractivity contribution in [3.8, 4) is 5.75 Å². The van der Waals surface area contributed by atoms with Gasteiger partial charge in [-0.25, -0.2) is 0 Å². The van der Waals surface area contributed by atoms with Crippen LogP contribution in [0.4, 0.5) is 0 Å². The van der Waals surface area contributed by atoms with Gasteiger partial charge in [-0.3, -0.25) is 4.79 Å². The van der Waals surface area contributed by atoms with Gasteiger partial charge >= 0.3 is 0 Å². The van der Waals surface area contributed by atoms with E-state index in [1.54, 1.807) is 17.0 Å². The zero-order valence-electron chi connectivity index (χ0n) is 12.6. The summed E-state index contributed by atoms with van der Waals surface area (Å²) in [5, 5.41) is 9.21. The first-order valence-corrected chi connectivity index (χ1v) is 7.42. The Morgan fingerprint density at radius 1 is 1.52 bits per heavy atom. The lowest BCUT2D eigenvalue weighted by atomic mass is 10.1. The monoisotopic (exact) mass is 293 g/mol. The van der Waals surface area contributed by atoms with E-state index in [1.807, 2.05) is 26.0 Å². The number of hydrogen-bond acceptors (Lipinski definition) is 4. The topological polar surface area (TPSA) is 59.0 Å². The summed E-state index contributed by atoms with van der Waals surface area (Å²) in [6.45, 7) is 5.41. The number of carbonyl (C=O) groups excluding carboxylic acids is 1. The normalized spacial score (nSPS) is 22.1. The zero-order valence-corrected chi connectivity index (χ0v) is 12.6. The molecule has 2 unspecified atom stereocenters. The third-order valence-corrected chi connectivity index (χ3v) is 3.52. The number of ether oxygens (including phenoxy) is 2. The van der Waals surface area contributed by atoms with Gasteiger partial charge in [0.15, 0.2) is 0 Å². The molecule has 1 aliphatic heterocycles. The van der Waals surface area contributed by atoms with Crippen molar-refractivity contribution in [1.29, 1.82) is 0 Å². The lowest BCUT2D eigenvalue weighted by Gasteiger charge is -2.37. The molecular formula is C16H23NO4. The van der Waals surface area contributed by atoms with E-state index in [-0.39, 0.29) is 24.7 Å². The van der Waals surface area contributed by atoms with Gasteiger partial charge in [-0.05, 0) is 31.5 Å². The van der Waals surface area contributed by atoms with Crippen molar-refractivity contribution >= 4 is 5.91 Å². The van der Waals surface area contributed by atoms with E-state index in [2.05, 4.69) is 0 Å². The standard InChI is InChI=1S/C16H23NO4/c1-3-7-20-14-6-4-5-13(8-14)16(19)17-9-15(10-18)21-11-12(17)2/h4-6,8,12,15,18H,3,7,9-11H2,1-2H3. The van der Waals surface area contributed by atoms with Crippen LogP contribution in [0.1, 0.15) is 30.6 Å². The molecule has 21 heavy (non-hydrogen) atoms. The number of aliphatic hydroxyl groups is 1. The van der Waals surface area contributed by atoms with Gasteiger partial charge in [0.2, 0.25) is 0 Å². The lowest BCUT2D eigenvalue weighted by Crippen LogP contribution is -2.52. The number of hydrogen-bond donors (Lipinski definition) is 1. The summed E-state index contributed by atoms with van der Waals surface area (Å²) in [6.07, 6.45) is 0.626. The van der Waals surface area contributed by atoms with Crippen molar-refractivity contribution in [2.75, 3.05) is 26.4 Å². The molecular weight excluding hydrogens is 270 g/mol. The summed E-state index contributed by atoms with van der Waals surface area (Å²) in [7, 11) is 0. The van der Waals surface area contributed by atoms with Crippen LogP contribution in [0, 0.1) is 0 Å². The number of aliphatic hydroxyl groups excluding tert-OH is 1. The quantitative estimate of drug-likeness (QED) is 0.897. The second kappa shape index (κ2) is 7.43. The number of rotatable bonds is 5. The van der Waals surface area contributed by atoms with Crippen LogP contribution in [-0.4, -0.2) is 54.4 Å². The summed E-state index contributed by atoms with van der Waals surface area (Å²) >= 11 is 0. The van der Waals surface area contributed by atoms with Crippen molar-refractivity contribution in [2.45, 2.75) is 32.4 Å². The largest absolute Gasteiger partial charge is 0.494 e. The maximum atomic E-state index is 12.6. The molecule has 1 aromatic rings. The predicted octanol–water partition coefficient (Wildman–Crippen LogP) is 1.70. The highest BCUT2D eigenvalue weighted by atomic mass is 16.5. The molecule has 0 spiro atoms. The number of amides is 1. The highest BCUT2D eigenvalue weighted by Crippen LogP contribution is 2.19. The van der Waals surface area contributed by atoms with Crippen molar-refractivity contribution in [2.24, 2.45) is 0 Å². The van der Waals surface area contributed by atoms with Crippen LogP contribution in [0.3, 0.4) is 0 Å². The van der Waals surface area contributed by atoms with E-state index < -0.39 is 0 Å². The Kier molecular flexibility index (Phi) is 5.59. The molecule has 1 N–H and O–H groups in total. The molecule has 0 aliphatic carbocycles. The molecule has 1 saturated heterocycles. The first-order chi connectivity index (χ1) is 10.2. The number of carbonyl (C=O) groups is 1. The molecule has 0 radical (unpaired) electrons. The van der Waals surface area contributed by atoms with Gasteiger partial charge in [0.1, 0.15) is 5.75 Å².